The molecule has 0 bridgehead atoms. The van der Waals surface area contributed by atoms with Gasteiger partial charge < -0.3 is 5.43 Å². The highest BCUT2D eigenvalue weighted by molar-refractivity contribution is 5.92. The molecule has 78 valence electrons. The van der Waals surface area contributed by atoms with Crippen LogP contribution in [0, 0.1) is 17.5 Å². The molecule has 2 aromatic rings. The Morgan fingerprint density at radius 1 is 1.20 bits per heavy atom. The first-order valence-corrected chi connectivity index (χ1v) is 4.04. The van der Waals surface area contributed by atoms with E-state index in [0.29, 0.717) is 6.07 Å². The topological polar surface area (TPSA) is 50.9 Å². The number of pyridine rings is 1. The van der Waals surface area contributed by atoms with Crippen molar-refractivity contribution < 1.29 is 13.2 Å². The van der Waals surface area contributed by atoms with Crippen LogP contribution in [0.15, 0.2) is 18.3 Å². The molecular formula is C9H6F3N3. The molecule has 0 aliphatic rings. The Hall–Kier alpha value is -1.82. The van der Waals surface area contributed by atoms with Crippen molar-refractivity contribution in [3.05, 3.63) is 35.8 Å². The molecule has 0 unspecified atom stereocenters. The second-order valence-corrected chi connectivity index (χ2v) is 2.88. The van der Waals surface area contributed by atoms with Gasteiger partial charge in [-0.3, -0.25) is 0 Å². The zero-order valence-electron chi connectivity index (χ0n) is 7.39. The highest BCUT2D eigenvalue weighted by atomic mass is 19.2. The summed E-state index contributed by atoms with van der Waals surface area (Å²) in [4.78, 5) is 3.66. The van der Waals surface area contributed by atoms with E-state index in [2.05, 4.69) is 10.4 Å². The number of rotatable bonds is 1. The van der Waals surface area contributed by atoms with Crippen LogP contribution < -0.4 is 11.3 Å². The molecule has 0 radical (unpaired) electrons. The van der Waals surface area contributed by atoms with E-state index in [0.717, 1.165) is 0 Å². The molecule has 0 spiro atoms. The molecule has 0 amide bonds. The van der Waals surface area contributed by atoms with E-state index in [1.54, 1.807) is 0 Å². The SMILES string of the molecule is NNc1nccc2c(F)cc(F)c(F)c12. The van der Waals surface area contributed by atoms with Gasteiger partial charge in [0.1, 0.15) is 5.82 Å². The van der Waals surface area contributed by atoms with Gasteiger partial charge in [0, 0.05) is 17.6 Å². The van der Waals surface area contributed by atoms with Crippen molar-refractivity contribution in [1.82, 2.24) is 4.98 Å². The minimum absolute atomic E-state index is 0.0724. The van der Waals surface area contributed by atoms with Crippen molar-refractivity contribution in [3.8, 4) is 0 Å². The van der Waals surface area contributed by atoms with Crippen LogP contribution in [-0.4, -0.2) is 4.98 Å². The molecule has 3 N–H and O–H groups in total. The predicted molar refractivity (Wildman–Crippen MR) is 49.4 cm³/mol. The van der Waals surface area contributed by atoms with Crippen molar-refractivity contribution in [2.45, 2.75) is 0 Å². The Kier molecular flexibility index (Phi) is 2.20. The van der Waals surface area contributed by atoms with E-state index in [9.17, 15) is 13.2 Å². The van der Waals surface area contributed by atoms with Gasteiger partial charge in [0.25, 0.3) is 0 Å². The second-order valence-electron chi connectivity index (χ2n) is 2.88. The minimum atomic E-state index is -1.27. The number of fused-ring (bicyclic) bond motifs is 1. The van der Waals surface area contributed by atoms with Crippen LogP contribution >= 0.6 is 0 Å². The smallest absolute Gasteiger partial charge is 0.170 e. The zero-order valence-corrected chi connectivity index (χ0v) is 7.39. The number of nitrogens with one attached hydrogen (secondary N) is 1. The third-order valence-corrected chi connectivity index (χ3v) is 2.03. The number of nitrogens with two attached hydrogens (primary N) is 1. The van der Waals surface area contributed by atoms with Gasteiger partial charge in [0.2, 0.25) is 0 Å². The third-order valence-electron chi connectivity index (χ3n) is 2.03. The monoisotopic (exact) mass is 213 g/mol. The number of anilines is 1. The molecule has 0 aliphatic heterocycles. The van der Waals surface area contributed by atoms with Gasteiger partial charge >= 0.3 is 0 Å². The summed E-state index contributed by atoms with van der Waals surface area (Å²) >= 11 is 0. The lowest BCUT2D eigenvalue weighted by atomic mass is 10.1. The average molecular weight is 213 g/mol. The Morgan fingerprint density at radius 3 is 2.60 bits per heavy atom. The van der Waals surface area contributed by atoms with Crippen LogP contribution in [0.4, 0.5) is 19.0 Å². The fourth-order valence-electron chi connectivity index (χ4n) is 1.36. The van der Waals surface area contributed by atoms with Gasteiger partial charge in [0.05, 0.1) is 5.39 Å². The summed E-state index contributed by atoms with van der Waals surface area (Å²) in [5.74, 6) is 1.65. The van der Waals surface area contributed by atoms with Gasteiger partial charge in [-0.1, -0.05) is 0 Å². The van der Waals surface area contributed by atoms with Crippen molar-refractivity contribution >= 4 is 16.6 Å². The molecule has 0 saturated carbocycles. The summed E-state index contributed by atoms with van der Waals surface area (Å²) in [5, 5.41) is -0.366. The largest absolute Gasteiger partial charge is 0.308 e. The summed E-state index contributed by atoms with van der Waals surface area (Å²) in [6, 6.07) is 1.73. The highest BCUT2D eigenvalue weighted by Gasteiger charge is 2.15. The molecule has 15 heavy (non-hydrogen) atoms. The Bertz CT molecular complexity index is 527. The quantitative estimate of drug-likeness (QED) is 0.432. The van der Waals surface area contributed by atoms with Gasteiger partial charge in [-0.2, -0.15) is 0 Å². The molecule has 1 heterocycles. The van der Waals surface area contributed by atoms with Crippen LogP contribution in [0.3, 0.4) is 0 Å². The molecular weight excluding hydrogens is 207 g/mol. The fraction of sp³-hybridized carbons (Fsp3) is 0. The number of aromatic nitrogens is 1. The number of hydrogen-bond donors (Lipinski definition) is 2. The summed E-state index contributed by atoms with van der Waals surface area (Å²) in [5.41, 5.74) is 2.08. The number of nitrogen functional groups attached to an aromatic ring is 1. The minimum Gasteiger partial charge on any atom is -0.308 e. The highest BCUT2D eigenvalue weighted by Crippen LogP contribution is 2.27. The van der Waals surface area contributed by atoms with Crippen LogP contribution in [0.1, 0.15) is 0 Å². The zero-order chi connectivity index (χ0) is 11.0. The van der Waals surface area contributed by atoms with Crippen LogP contribution in [0.2, 0.25) is 0 Å². The molecule has 3 nitrogen and oxygen atoms in total. The maximum absolute atomic E-state index is 13.3. The summed E-state index contributed by atoms with van der Waals surface area (Å²) in [6.07, 6.45) is 1.25. The average Bonchev–Trinajstić information content (AvgIpc) is 2.25. The van der Waals surface area contributed by atoms with E-state index in [4.69, 9.17) is 5.84 Å². The van der Waals surface area contributed by atoms with Crippen molar-refractivity contribution in [3.63, 3.8) is 0 Å². The number of nitrogens with zero attached hydrogens (tertiary/aromatic N) is 1. The van der Waals surface area contributed by atoms with E-state index in [1.807, 2.05) is 0 Å². The lowest BCUT2D eigenvalue weighted by Gasteiger charge is -2.06. The fourth-order valence-corrected chi connectivity index (χ4v) is 1.36. The van der Waals surface area contributed by atoms with Crippen LogP contribution in [-0.2, 0) is 0 Å². The molecule has 2 rings (SSSR count). The van der Waals surface area contributed by atoms with Gasteiger partial charge in [-0.15, -0.1) is 0 Å². The molecule has 0 fully saturated rings. The normalized spacial score (nSPS) is 10.7. The molecule has 0 atom stereocenters. The maximum atomic E-state index is 13.3. The number of benzene rings is 1. The standard InChI is InChI=1S/C9H6F3N3/c10-5-3-6(11)8(12)7-4(5)1-2-14-9(7)15-13/h1-3H,13H2,(H,14,15). The Labute approximate surface area is 82.7 Å². The van der Waals surface area contributed by atoms with Gasteiger partial charge in [-0.05, 0) is 6.07 Å². The van der Waals surface area contributed by atoms with Crippen molar-refractivity contribution in [2.75, 3.05) is 5.43 Å². The molecule has 0 saturated heterocycles. The van der Waals surface area contributed by atoms with Crippen LogP contribution in [0.5, 0.6) is 0 Å². The van der Waals surface area contributed by atoms with E-state index in [-0.39, 0.29) is 16.6 Å². The van der Waals surface area contributed by atoms with E-state index >= 15 is 0 Å². The summed E-state index contributed by atoms with van der Waals surface area (Å²) < 4.78 is 39.5. The van der Waals surface area contributed by atoms with Gasteiger partial charge in [-0.25, -0.2) is 24.0 Å². The number of hydrazine groups is 1. The second kappa shape index (κ2) is 3.39. The molecule has 1 aromatic heterocycles. The van der Waals surface area contributed by atoms with Crippen molar-refractivity contribution in [2.24, 2.45) is 5.84 Å². The first-order chi connectivity index (χ1) is 7.15. The van der Waals surface area contributed by atoms with E-state index < -0.39 is 17.5 Å². The third kappa shape index (κ3) is 1.39. The maximum Gasteiger partial charge on any atom is 0.170 e. The van der Waals surface area contributed by atoms with Crippen LogP contribution in [0.25, 0.3) is 10.8 Å². The predicted octanol–water partition coefficient (Wildman–Crippen LogP) is 1.94. The summed E-state index contributed by atoms with van der Waals surface area (Å²) in [7, 11) is 0. The lowest BCUT2D eigenvalue weighted by Crippen LogP contribution is -2.10. The Morgan fingerprint density at radius 2 is 1.93 bits per heavy atom. The van der Waals surface area contributed by atoms with Gasteiger partial charge in [0.15, 0.2) is 17.5 Å². The van der Waals surface area contributed by atoms with Crippen molar-refractivity contribution in [1.29, 1.82) is 0 Å². The number of hydrogen-bond acceptors (Lipinski definition) is 3. The summed E-state index contributed by atoms with van der Waals surface area (Å²) in [6.45, 7) is 0. The Balaban J connectivity index is 2.96. The van der Waals surface area contributed by atoms with E-state index in [1.165, 1.54) is 12.3 Å². The first kappa shape index (κ1) is 9.72. The molecule has 6 heteroatoms. The molecule has 0 aliphatic carbocycles. The lowest BCUT2D eigenvalue weighted by molar-refractivity contribution is 0.505. The number of halogens is 3. The first-order valence-electron chi connectivity index (χ1n) is 4.04. The molecule has 1 aromatic carbocycles.